The molecule has 0 spiro atoms. The molecule has 3 nitrogen and oxygen atoms in total. The van der Waals surface area contributed by atoms with Crippen LogP contribution in [0.2, 0.25) is 0 Å². The van der Waals surface area contributed by atoms with Gasteiger partial charge in [-0.2, -0.15) is 0 Å². The topological polar surface area (TPSA) is 41.1 Å². The van der Waals surface area contributed by atoms with Gasteiger partial charge in [-0.1, -0.05) is 0 Å². The average molecular weight is 295 g/mol. The predicted molar refractivity (Wildman–Crippen MR) is 66.9 cm³/mol. The smallest absolute Gasteiger partial charge is 0.251 e. The SMILES string of the molecule is Cl.O=C(NC1CCNCC1)c1cc(F)c(F)c(F)c1. The fourth-order valence-electron chi connectivity index (χ4n) is 1.92. The molecule has 2 N–H and O–H groups in total. The third kappa shape index (κ3) is 3.84. The van der Waals surface area contributed by atoms with Gasteiger partial charge in [0, 0.05) is 11.6 Å². The Morgan fingerprint density at radius 1 is 1.16 bits per heavy atom. The van der Waals surface area contributed by atoms with Crippen molar-refractivity contribution < 1.29 is 18.0 Å². The number of carbonyl (C=O) groups is 1. The van der Waals surface area contributed by atoms with Crippen LogP contribution < -0.4 is 10.6 Å². The second-order valence-electron chi connectivity index (χ2n) is 4.25. The van der Waals surface area contributed by atoms with Crippen molar-refractivity contribution in [2.75, 3.05) is 13.1 Å². The maximum Gasteiger partial charge on any atom is 0.251 e. The second kappa shape index (κ2) is 6.77. The highest BCUT2D eigenvalue weighted by molar-refractivity contribution is 5.94. The zero-order chi connectivity index (χ0) is 13.1. The van der Waals surface area contributed by atoms with Crippen molar-refractivity contribution in [1.82, 2.24) is 10.6 Å². The number of nitrogens with one attached hydrogen (secondary N) is 2. The minimum absolute atomic E-state index is 0. The molecule has 19 heavy (non-hydrogen) atoms. The fraction of sp³-hybridized carbons (Fsp3) is 0.417. The molecule has 0 radical (unpaired) electrons. The maximum atomic E-state index is 13.0. The van der Waals surface area contributed by atoms with Crippen LogP contribution in [0, 0.1) is 17.5 Å². The molecule has 0 aromatic heterocycles. The summed E-state index contributed by atoms with van der Waals surface area (Å²) in [6.07, 6.45) is 1.52. The first kappa shape index (κ1) is 15.8. The van der Waals surface area contributed by atoms with Gasteiger partial charge in [-0.25, -0.2) is 13.2 Å². The molecule has 1 aliphatic heterocycles. The van der Waals surface area contributed by atoms with E-state index in [1.54, 1.807) is 0 Å². The summed E-state index contributed by atoms with van der Waals surface area (Å²) >= 11 is 0. The lowest BCUT2D eigenvalue weighted by atomic mass is 10.1. The Kier molecular flexibility index (Phi) is 5.62. The Bertz CT molecular complexity index is 441. The summed E-state index contributed by atoms with van der Waals surface area (Å²) in [5, 5.41) is 5.81. The summed E-state index contributed by atoms with van der Waals surface area (Å²) in [6.45, 7) is 1.58. The van der Waals surface area contributed by atoms with Crippen LogP contribution in [0.5, 0.6) is 0 Å². The van der Waals surface area contributed by atoms with Crippen molar-refractivity contribution >= 4 is 18.3 Å². The van der Waals surface area contributed by atoms with E-state index in [0.29, 0.717) is 12.1 Å². The van der Waals surface area contributed by atoms with Gasteiger partial charge in [0.2, 0.25) is 0 Å². The molecule has 1 fully saturated rings. The summed E-state index contributed by atoms with van der Waals surface area (Å²) in [7, 11) is 0. The molecule has 0 atom stereocenters. The third-order valence-corrected chi connectivity index (χ3v) is 2.92. The normalized spacial score (nSPS) is 15.7. The first-order chi connectivity index (χ1) is 8.58. The van der Waals surface area contributed by atoms with E-state index in [-0.39, 0.29) is 24.0 Å². The molecule has 106 valence electrons. The Labute approximate surface area is 115 Å². The molecule has 1 amide bonds. The second-order valence-corrected chi connectivity index (χ2v) is 4.25. The molecule has 1 aromatic carbocycles. The molecule has 1 heterocycles. The highest BCUT2D eigenvalue weighted by atomic mass is 35.5. The lowest BCUT2D eigenvalue weighted by Gasteiger charge is -2.23. The van der Waals surface area contributed by atoms with Crippen LogP contribution >= 0.6 is 12.4 Å². The number of rotatable bonds is 2. The van der Waals surface area contributed by atoms with Gasteiger partial charge >= 0.3 is 0 Å². The van der Waals surface area contributed by atoms with Gasteiger partial charge in [-0.3, -0.25) is 4.79 Å². The minimum Gasteiger partial charge on any atom is -0.349 e. The highest BCUT2D eigenvalue weighted by Gasteiger charge is 2.19. The number of piperidine rings is 1. The van der Waals surface area contributed by atoms with E-state index in [1.807, 2.05) is 0 Å². The van der Waals surface area contributed by atoms with E-state index in [0.717, 1.165) is 25.9 Å². The van der Waals surface area contributed by atoms with E-state index in [4.69, 9.17) is 0 Å². The van der Waals surface area contributed by atoms with Gasteiger partial charge in [0.25, 0.3) is 5.91 Å². The van der Waals surface area contributed by atoms with E-state index in [1.165, 1.54) is 0 Å². The molecule has 0 bridgehead atoms. The summed E-state index contributed by atoms with van der Waals surface area (Å²) in [6, 6.07) is 1.39. The van der Waals surface area contributed by atoms with Crippen LogP contribution in [0.4, 0.5) is 13.2 Å². The number of benzene rings is 1. The molecule has 2 rings (SSSR count). The molecular weight excluding hydrogens is 281 g/mol. The van der Waals surface area contributed by atoms with Gasteiger partial charge in [0.15, 0.2) is 17.5 Å². The van der Waals surface area contributed by atoms with Crippen molar-refractivity contribution in [3.05, 3.63) is 35.1 Å². The van der Waals surface area contributed by atoms with Crippen molar-refractivity contribution in [2.24, 2.45) is 0 Å². The highest BCUT2D eigenvalue weighted by Crippen LogP contribution is 2.14. The molecule has 0 unspecified atom stereocenters. The molecule has 1 aliphatic rings. The molecule has 7 heteroatoms. The minimum atomic E-state index is -1.56. The number of carbonyl (C=O) groups excluding carboxylic acids is 1. The Morgan fingerprint density at radius 3 is 2.21 bits per heavy atom. The number of hydrogen-bond donors (Lipinski definition) is 2. The molecular formula is C12H14ClF3N2O. The zero-order valence-corrected chi connectivity index (χ0v) is 10.8. The largest absolute Gasteiger partial charge is 0.349 e. The summed E-state index contributed by atoms with van der Waals surface area (Å²) in [5.41, 5.74) is -0.204. The maximum absolute atomic E-state index is 13.0. The van der Waals surface area contributed by atoms with E-state index in [9.17, 15) is 18.0 Å². The van der Waals surface area contributed by atoms with Gasteiger partial charge in [0.05, 0.1) is 0 Å². The third-order valence-electron chi connectivity index (χ3n) is 2.92. The molecule has 0 saturated carbocycles. The van der Waals surface area contributed by atoms with Crippen molar-refractivity contribution in [3.63, 3.8) is 0 Å². The van der Waals surface area contributed by atoms with E-state index < -0.39 is 23.4 Å². The van der Waals surface area contributed by atoms with Crippen LogP contribution in [0.15, 0.2) is 12.1 Å². The van der Waals surface area contributed by atoms with Crippen LogP contribution in [0.3, 0.4) is 0 Å². The van der Waals surface area contributed by atoms with Gasteiger partial charge in [-0.15, -0.1) is 12.4 Å². The molecule has 0 aliphatic carbocycles. The zero-order valence-electron chi connectivity index (χ0n) is 10.0. The quantitative estimate of drug-likeness (QED) is 0.819. The first-order valence-electron chi connectivity index (χ1n) is 5.74. The van der Waals surface area contributed by atoms with E-state index in [2.05, 4.69) is 10.6 Å². The standard InChI is InChI=1S/C12H13F3N2O.ClH/c13-9-5-7(6-10(14)11(9)15)12(18)17-8-1-3-16-4-2-8;/h5-6,8,16H,1-4H2,(H,17,18);1H. The Morgan fingerprint density at radius 2 is 1.68 bits per heavy atom. The fourth-order valence-corrected chi connectivity index (χ4v) is 1.92. The van der Waals surface area contributed by atoms with Crippen molar-refractivity contribution in [1.29, 1.82) is 0 Å². The molecule has 1 saturated heterocycles. The Balaban J connectivity index is 0.00000180. The summed E-state index contributed by atoms with van der Waals surface area (Å²) in [5.74, 6) is -4.86. The lowest BCUT2D eigenvalue weighted by molar-refractivity contribution is 0.0928. The monoisotopic (exact) mass is 294 g/mol. The van der Waals surface area contributed by atoms with Crippen LogP contribution in [0.25, 0.3) is 0 Å². The number of hydrogen-bond acceptors (Lipinski definition) is 2. The lowest BCUT2D eigenvalue weighted by Crippen LogP contribution is -2.42. The number of amides is 1. The van der Waals surface area contributed by atoms with Gasteiger partial charge in [0.1, 0.15) is 0 Å². The van der Waals surface area contributed by atoms with Gasteiger partial charge in [-0.05, 0) is 38.1 Å². The summed E-state index contributed by atoms with van der Waals surface area (Å²) < 4.78 is 38.7. The molecule has 1 aromatic rings. The summed E-state index contributed by atoms with van der Waals surface area (Å²) in [4.78, 5) is 11.7. The van der Waals surface area contributed by atoms with Gasteiger partial charge < -0.3 is 10.6 Å². The van der Waals surface area contributed by atoms with Crippen molar-refractivity contribution in [3.8, 4) is 0 Å². The van der Waals surface area contributed by atoms with Crippen LogP contribution in [-0.4, -0.2) is 25.0 Å². The number of halogens is 4. The predicted octanol–water partition coefficient (Wildman–Crippen LogP) is 2.01. The van der Waals surface area contributed by atoms with Crippen LogP contribution in [-0.2, 0) is 0 Å². The Hall–Kier alpha value is -1.27. The van der Waals surface area contributed by atoms with Crippen molar-refractivity contribution in [2.45, 2.75) is 18.9 Å². The first-order valence-corrected chi connectivity index (χ1v) is 5.74. The van der Waals surface area contributed by atoms with Crippen LogP contribution in [0.1, 0.15) is 23.2 Å². The van der Waals surface area contributed by atoms with E-state index >= 15 is 0 Å². The average Bonchev–Trinajstić information content (AvgIpc) is 2.36.